The first-order valence-electron chi connectivity index (χ1n) is 9.78. The first-order chi connectivity index (χ1) is 15.5. The van der Waals surface area contributed by atoms with Gasteiger partial charge in [0.05, 0.1) is 26.9 Å². The lowest BCUT2D eigenvalue weighted by Crippen LogP contribution is -1.97. The van der Waals surface area contributed by atoms with Crippen molar-refractivity contribution in [3.8, 4) is 28.7 Å². The minimum absolute atomic E-state index is 0.00482. The third-order valence-electron chi connectivity index (χ3n) is 4.78. The topological polar surface area (TPSA) is 85.2 Å². The molecule has 0 radical (unpaired) electrons. The van der Waals surface area contributed by atoms with Crippen LogP contribution < -0.4 is 14.2 Å². The van der Waals surface area contributed by atoms with E-state index in [0.29, 0.717) is 22.8 Å². The molecule has 0 saturated heterocycles. The van der Waals surface area contributed by atoms with Gasteiger partial charge < -0.3 is 24.4 Å². The molecule has 0 aliphatic rings. The third-order valence-corrected chi connectivity index (χ3v) is 4.78. The highest BCUT2D eigenvalue weighted by Crippen LogP contribution is 2.40. The van der Waals surface area contributed by atoms with E-state index in [2.05, 4.69) is 0 Å². The molecule has 0 saturated carbocycles. The van der Waals surface area contributed by atoms with Gasteiger partial charge in [-0.1, -0.05) is 36.4 Å². The number of ketones is 1. The van der Waals surface area contributed by atoms with Crippen molar-refractivity contribution in [2.45, 2.75) is 0 Å². The Kier molecular flexibility index (Phi) is 7.18. The van der Waals surface area contributed by atoms with Crippen LogP contribution in [0.2, 0.25) is 0 Å². The van der Waals surface area contributed by atoms with Gasteiger partial charge in [-0.3, -0.25) is 4.79 Å². The fourth-order valence-electron chi connectivity index (χ4n) is 3.18. The van der Waals surface area contributed by atoms with Crippen LogP contribution >= 0.6 is 0 Å². The molecule has 0 aliphatic carbocycles. The number of carbonyl (C=O) groups excluding carboxylic acids is 1. The lowest BCUT2D eigenvalue weighted by Gasteiger charge is -2.15. The van der Waals surface area contributed by atoms with Crippen LogP contribution in [0.5, 0.6) is 28.7 Å². The number of benzene rings is 3. The lowest BCUT2D eigenvalue weighted by atomic mass is 9.99. The van der Waals surface area contributed by atoms with Gasteiger partial charge in [0.15, 0.2) is 17.3 Å². The number of allylic oxidation sites excluding steroid dienone is 3. The Bertz CT molecular complexity index is 1140. The Labute approximate surface area is 186 Å². The van der Waals surface area contributed by atoms with E-state index >= 15 is 0 Å². The number of rotatable bonds is 8. The molecule has 6 heteroatoms. The maximum absolute atomic E-state index is 12.7. The van der Waals surface area contributed by atoms with E-state index in [1.54, 1.807) is 18.2 Å². The van der Waals surface area contributed by atoms with Crippen LogP contribution in [-0.2, 0) is 0 Å². The minimum Gasteiger partial charge on any atom is -0.508 e. The van der Waals surface area contributed by atoms with Gasteiger partial charge in [0.1, 0.15) is 11.5 Å². The molecule has 6 nitrogen and oxygen atoms in total. The van der Waals surface area contributed by atoms with Gasteiger partial charge in [0.2, 0.25) is 5.75 Å². The van der Waals surface area contributed by atoms with Crippen LogP contribution in [0.3, 0.4) is 0 Å². The number of aromatic hydroxyl groups is 2. The maximum atomic E-state index is 12.7. The lowest BCUT2D eigenvalue weighted by molar-refractivity contribution is 0.104. The molecule has 0 heterocycles. The molecule has 2 N–H and O–H groups in total. The smallest absolute Gasteiger partial charge is 0.203 e. The van der Waals surface area contributed by atoms with Crippen LogP contribution in [0.25, 0.3) is 11.6 Å². The summed E-state index contributed by atoms with van der Waals surface area (Å²) in [6.07, 6.45) is 4.89. The fourth-order valence-corrected chi connectivity index (χ4v) is 3.18. The number of carbonyl (C=O) groups is 1. The van der Waals surface area contributed by atoms with Crippen LogP contribution in [-0.4, -0.2) is 37.3 Å². The van der Waals surface area contributed by atoms with Crippen molar-refractivity contribution >= 4 is 17.4 Å². The number of phenolic OH excluding ortho intramolecular Hbond substituents is 2. The number of hydrogen-bond donors (Lipinski definition) is 2. The molecule has 0 fully saturated rings. The predicted molar refractivity (Wildman–Crippen MR) is 124 cm³/mol. The molecule has 0 amide bonds. The van der Waals surface area contributed by atoms with Crippen molar-refractivity contribution in [3.63, 3.8) is 0 Å². The number of hydrogen-bond acceptors (Lipinski definition) is 6. The Morgan fingerprint density at radius 2 is 1.47 bits per heavy atom. The van der Waals surface area contributed by atoms with Crippen LogP contribution in [0.4, 0.5) is 0 Å². The molecule has 0 aliphatic heterocycles. The zero-order chi connectivity index (χ0) is 23.1. The SMILES string of the molecule is COc1cc(C(/C=C/C(=O)c2cc(O)ccc2O)=C/c2ccccc2)cc(OC)c1OC. The van der Waals surface area contributed by atoms with E-state index in [1.165, 1.54) is 45.6 Å². The Morgan fingerprint density at radius 1 is 0.812 bits per heavy atom. The summed E-state index contributed by atoms with van der Waals surface area (Å²) in [5.74, 6) is 0.646. The molecule has 0 unspecified atom stereocenters. The zero-order valence-electron chi connectivity index (χ0n) is 18.0. The van der Waals surface area contributed by atoms with E-state index in [9.17, 15) is 15.0 Å². The molecule has 0 spiro atoms. The van der Waals surface area contributed by atoms with Gasteiger partial charge in [0.25, 0.3) is 0 Å². The highest BCUT2D eigenvalue weighted by molar-refractivity contribution is 6.08. The molecule has 0 aromatic heterocycles. The summed E-state index contributed by atoms with van der Waals surface area (Å²) in [6, 6.07) is 17.0. The van der Waals surface area contributed by atoms with Gasteiger partial charge in [0, 0.05) is 0 Å². The normalized spacial score (nSPS) is 11.4. The molecule has 164 valence electrons. The number of phenols is 2. The Morgan fingerprint density at radius 3 is 2.06 bits per heavy atom. The molecule has 3 rings (SSSR count). The summed E-state index contributed by atoms with van der Waals surface area (Å²) in [7, 11) is 4.60. The predicted octanol–water partition coefficient (Wildman–Crippen LogP) is 5.10. The van der Waals surface area contributed by atoms with Gasteiger partial charge >= 0.3 is 0 Å². The molecule has 3 aromatic carbocycles. The van der Waals surface area contributed by atoms with Crippen molar-refractivity contribution < 1.29 is 29.2 Å². The van der Waals surface area contributed by atoms with Crippen molar-refractivity contribution in [2.24, 2.45) is 0 Å². The van der Waals surface area contributed by atoms with E-state index in [1.807, 2.05) is 36.4 Å². The van der Waals surface area contributed by atoms with Crippen molar-refractivity contribution in [1.29, 1.82) is 0 Å². The fraction of sp³-hybridized carbons (Fsp3) is 0.115. The monoisotopic (exact) mass is 432 g/mol. The molecule has 32 heavy (non-hydrogen) atoms. The highest BCUT2D eigenvalue weighted by atomic mass is 16.5. The molecular formula is C26H24O6. The highest BCUT2D eigenvalue weighted by Gasteiger charge is 2.15. The molecule has 0 bridgehead atoms. The number of methoxy groups -OCH3 is 3. The Hall–Kier alpha value is -4.19. The first-order valence-corrected chi connectivity index (χ1v) is 9.78. The van der Waals surface area contributed by atoms with Crippen molar-refractivity contribution in [3.05, 3.63) is 89.5 Å². The zero-order valence-corrected chi connectivity index (χ0v) is 18.0. The summed E-state index contributed by atoms with van der Waals surface area (Å²) < 4.78 is 16.3. The third kappa shape index (κ3) is 5.10. The maximum Gasteiger partial charge on any atom is 0.203 e. The summed E-state index contributed by atoms with van der Waals surface area (Å²) in [4.78, 5) is 12.7. The van der Waals surface area contributed by atoms with Crippen LogP contribution in [0.15, 0.2) is 72.8 Å². The van der Waals surface area contributed by atoms with Gasteiger partial charge in [-0.05, 0) is 59.2 Å². The standard InChI is InChI=1S/C26H24O6/c1-30-24-14-19(15-25(31-2)26(24)32-3)18(13-17-7-5-4-6-8-17)9-11-22(28)21-16-20(27)10-12-23(21)29/h4-16,27,29H,1-3H3/b11-9+,18-13+. The van der Waals surface area contributed by atoms with Gasteiger partial charge in [-0.2, -0.15) is 0 Å². The molecule has 3 aromatic rings. The quantitative estimate of drug-likeness (QED) is 0.169. The van der Waals surface area contributed by atoms with E-state index in [-0.39, 0.29) is 17.1 Å². The van der Waals surface area contributed by atoms with E-state index in [0.717, 1.165) is 11.1 Å². The van der Waals surface area contributed by atoms with Crippen LogP contribution in [0.1, 0.15) is 21.5 Å². The van der Waals surface area contributed by atoms with Gasteiger partial charge in [-0.25, -0.2) is 0 Å². The molecule has 0 atom stereocenters. The minimum atomic E-state index is -0.454. The Balaban J connectivity index is 2.10. The van der Waals surface area contributed by atoms with E-state index in [4.69, 9.17) is 14.2 Å². The van der Waals surface area contributed by atoms with Crippen molar-refractivity contribution in [1.82, 2.24) is 0 Å². The molecular weight excluding hydrogens is 408 g/mol. The second-order valence-electron chi connectivity index (χ2n) is 6.82. The van der Waals surface area contributed by atoms with Crippen LogP contribution in [0, 0.1) is 0 Å². The second kappa shape index (κ2) is 10.2. The van der Waals surface area contributed by atoms with E-state index < -0.39 is 5.78 Å². The first kappa shape index (κ1) is 22.5. The summed E-state index contributed by atoms with van der Waals surface area (Å²) in [5.41, 5.74) is 2.36. The summed E-state index contributed by atoms with van der Waals surface area (Å²) in [6.45, 7) is 0. The summed E-state index contributed by atoms with van der Waals surface area (Å²) in [5, 5.41) is 19.7. The average Bonchev–Trinajstić information content (AvgIpc) is 2.82. The largest absolute Gasteiger partial charge is 0.508 e. The van der Waals surface area contributed by atoms with Crippen molar-refractivity contribution in [2.75, 3.05) is 21.3 Å². The second-order valence-corrected chi connectivity index (χ2v) is 6.82. The summed E-state index contributed by atoms with van der Waals surface area (Å²) >= 11 is 0. The number of ether oxygens (including phenoxy) is 3. The van der Waals surface area contributed by atoms with Gasteiger partial charge in [-0.15, -0.1) is 0 Å². The average molecular weight is 432 g/mol.